The van der Waals surface area contributed by atoms with E-state index in [1.807, 2.05) is 12.3 Å². The number of para-hydroxylation sites is 1. The van der Waals surface area contributed by atoms with E-state index in [1.54, 1.807) is 0 Å². The second kappa shape index (κ2) is 5.70. The van der Waals surface area contributed by atoms with Gasteiger partial charge >= 0.3 is 0 Å². The molecule has 26 heavy (non-hydrogen) atoms. The predicted molar refractivity (Wildman–Crippen MR) is 111 cm³/mol. The average molecular weight is 336 g/mol. The van der Waals surface area contributed by atoms with E-state index < -0.39 is 0 Å². The molecule has 1 N–H and O–H groups in total. The fourth-order valence-corrected chi connectivity index (χ4v) is 4.02. The van der Waals surface area contributed by atoms with Crippen LogP contribution < -0.4 is 0 Å². The lowest BCUT2D eigenvalue weighted by Crippen LogP contribution is -1.96. The minimum Gasteiger partial charge on any atom is -0.354 e. The van der Waals surface area contributed by atoms with Crippen LogP contribution in [0.25, 0.3) is 43.8 Å². The number of benzene rings is 3. The molecule has 2 aromatic heterocycles. The molecule has 0 atom stereocenters. The fraction of sp³-hybridized carbons (Fsp3) is 0.125. The van der Waals surface area contributed by atoms with E-state index in [0.29, 0.717) is 5.92 Å². The van der Waals surface area contributed by atoms with Crippen LogP contribution >= 0.6 is 0 Å². The van der Waals surface area contributed by atoms with Crippen molar-refractivity contribution in [1.82, 2.24) is 9.97 Å². The Bertz CT molecular complexity index is 1260. The molecule has 0 aliphatic carbocycles. The van der Waals surface area contributed by atoms with Gasteiger partial charge in [-0.25, -0.2) is 0 Å². The summed E-state index contributed by atoms with van der Waals surface area (Å²) in [6.07, 6.45) is 1.89. The summed E-state index contributed by atoms with van der Waals surface area (Å²) >= 11 is 0. The molecule has 2 heteroatoms. The Balaban J connectivity index is 1.97. The van der Waals surface area contributed by atoms with E-state index in [-0.39, 0.29) is 0 Å². The lowest BCUT2D eigenvalue weighted by atomic mass is 9.92. The molecule has 5 aromatic rings. The van der Waals surface area contributed by atoms with E-state index in [0.717, 1.165) is 5.69 Å². The highest BCUT2D eigenvalue weighted by Crippen LogP contribution is 2.39. The Morgan fingerprint density at radius 3 is 2.31 bits per heavy atom. The van der Waals surface area contributed by atoms with Crippen LogP contribution in [0.1, 0.15) is 25.3 Å². The molecule has 0 aliphatic heterocycles. The summed E-state index contributed by atoms with van der Waals surface area (Å²) < 4.78 is 0. The van der Waals surface area contributed by atoms with Crippen LogP contribution in [0.3, 0.4) is 0 Å². The lowest BCUT2D eigenvalue weighted by molar-refractivity contribution is 0.862. The first-order chi connectivity index (χ1) is 12.7. The van der Waals surface area contributed by atoms with Crippen molar-refractivity contribution in [3.63, 3.8) is 0 Å². The fourth-order valence-electron chi connectivity index (χ4n) is 4.02. The van der Waals surface area contributed by atoms with Crippen molar-refractivity contribution in [2.45, 2.75) is 19.8 Å². The second-order valence-electron chi connectivity index (χ2n) is 7.16. The molecule has 0 aliphatic rings. The van der Waals surface area contributed by atoms with Crippen molar-refractivity contribution in [3.8, 4) is 11.3 Å². The van der Waals surface area contributed by atoms with Gasteiger partial charge in [0.25, 0.3) is 0 Å². The van der Waals surface area contributed by atoms with Gasteiger partial charge in [0, 0.05) is 33.6 Å². The minimum atomic E-state index is 0.427. The molecule has 0 radical (unpaired) electrons. The Morgan fingerprint density at radius 2 is 1.50 bits per heavy atom. The van der Waals surface area contributed by atoms with Gasteiger partial charge in [-0.05, 0) is 40.5 Å². The molecule has 2 heterocycles. The number of aromatic nitrogens is 2. The van der Waals surface area contributed by atoms with Gasteiger partial charge in [0.1, 0.15) is 0 Å². The highest BCUT2D eigenvalue weighted by molar-refractivity contribution is 6.23. The summed E-state index contributed by atoms with van der Waals surface area (Å²) in [6, 6.07) is 23.7. The number of nitrogens with zero attached hydrogens (tertiary/aromatic N) is 1. The largest absolute Gasteiger partial charge is 0.354 e. The van der Waals surface area contributed by atoms with Crippen molar-refractivity contribution < 1.29 is 0 Å². The van der Waals surface area contributed by atoms with Crippen LogP contribution in [0.2, 0.25) is 0 Å². The predicted octanol–water partition coefficient (Wildman–Crippen LogP) is 6.66. The Hall–Kier alpha value is -3.13. The molecular formula is C24H20N2. The molecule has 5 rings (SSSR count). The minimum absolute atomic E-state index is 0.427. The first kappa shape index (κ1) is 15.2. The first-order valence-electron chi connectivity index (χ1n) is 9.11. The lowest BCUT2D eigenvalue weighted by Gasteiger charge is -2.14. The van der Waals surface area contributed by atoms with Gasteiger partial charge in [0.05, 0.1) is 5.69 Å². The zero-order valence-electron chi connectivity index (χ0n) is 15.0. The molecule has 0 spiro atoms. The van der Waals surface area contributed by atoms with Crippen molar-refractivity contribution >= 4 is 32.6 Å². The van der Waals surface area contributed by atoms with Gasteiger partial charge in [0.2, 0.25) is 0 Å². The van der Waals surface area contributed by atoms with E-state index in [4.69, 9.17) is 4.98 Å². The number of H-pyrrole nitrogens is 1. The Morgan fingerprint density at radius 1 is 0.769 bits per heavy atom. The van der Waals surface area contributed by atoms with Crippen LogP contribution in [-0.2, 0) is 0 Å². The maximum absolute atomic E-state index is 4.77. The van der Waals surface area contributed by atoms with E-state index in [9.17, 15) is 0 Å². The molecule has 0 saturated carbocycles. The number of pyridine rings is 1. The van der Waals surface area contributed by atoms with Crippen molar-refractivity contribution in [1.29, 1.82) is 0 Å². The third-order valence-corrected chi connectivity index (χ3v) is 5.23. The molecule has 2 nitrogen and oxygen atoms in total. The van der Waals surface area contributed by atoms with Crippen LogP contribution in [0.5, 0.6) is 0 Å². The van der Waals surface area contributed by atoms with Crippen LogP contribution in [0, 0.1) is 0 Å². The summed E-state index contributed by atoms with van der Waals surface area (Å²) in [5.41, 5.74) is 5.91. The topological polar surface area (TPSA) is 28.7 Å². The molecule has 126 valence electrons. The monoisotopic (exact) mass is 336 g/mol. The zero-order chi connectivity index (χ0) is 17.7. The highest BCUT2D eigenvalue weighted by Gasteiger charge is 2.16. The molecule has 0 fully saturated rings. The Labute approximate surface area is 152 Å². The van der Waals surface area contributed by atoms with Gasteiger partial charge in [-0.15, -0.1) is 0 Å². The molecule has 0 unspecified atom stereocenters. The molecule has 0 saturated heterocycles. The van der Waals surface area contributed by atoms with Gasteiger partial charge in [-0.2, -0.15) is 0 Å². The second-order valence-corrected chi connectivity index (χ2v) is 7.16. The SMILES string of the molecule is CC(C)c1cccnc1-c1cc2[nH]c3ccccc3c2c2ccccc12. The van der Waals surface area contributed by atoms with Crippen molar-refractivity contribution in [2.24, 2.45) is 0 Å². The van der Waals surface area contributed by atoms with Gasteiger partial charge in [0.15, 0.2) is 0 Å². The van der Waals surface area contributed by atoms with E-state index in [2.05, 4.69) is 79.5 Å². The van der Waals surface area contributed by atoms with E-state index in [1.165, 1.54) is 43.7 Å². The molecule has 0 bridgehead atoms. The maximum atomic E-state index is 4.77. The molecule has 3 aromatic carbocycles. The number of nitrogens with one attached hydrogen (secondary N) is 1. The first-order valence-corrected chi connectivity index (χ1v) is 9.11. The van der Waals surface area contributed by atoms with Crippen LogP contribution in [0.4, 0.5) is 0 Å². The van der Waals surface area contributed by atoms with Gasteiger partial charge < -0.3 is 4.98 Å². The number of hydrogen-bond acceptors (Lipinski definition) is 1. The molecule has 0 amide bonds. The normalized spacial score (nSPS) is 11.8. The summed E-state index contributed by atoms with van der Waals surface area (Å²) in [5.74, 6) is 0.427. The highest BCUT2D eigenvalue weighted by atomic mass is 14.7. The number of rotatable bonds is 2. The quantitative estimate of drug-likeness (QED) is 0.383. The summed E-state index contributed by atoms with van der Waals surface area (Å²) in [7, 11) is 0. The third kappa shape index (κ3) is 2.15. The summed E-state index contributed by atoms with van der Waals surface area (Å²) in [5, 5.41) is 5.10. The number of fused-ring (bicyclic) bond motifs is 5. The summed E-state index contributed by atoms with van der Waals surface area (Å²) in [6.45, 7) is 4.45. The summed E-state index contributed by atoms with van der Waals surface area (Å²) in [4.78, 5) is 8.37. The van der Waals surface area contributed by atoms with Crippen LogP contribution in [0.15, 0.2) is 72.9 Å². The third-order valence-electron chi connectivity index (χ3n) is 5.23. The van der Waals surface area contributed by atoms with Crippen LogP contribution in [-0.4, -0.2) is 9.97 Å². The van der Waals surface area contributed by atoms with Crippen molar-refractivity contribution in [3.05, 3.63) is 78.5 Å². The van der Waals surface area contributed by atoms with Gasteiger partial charge in [-0.3, -0.25) is 4.98 Å². The maximum Gasteiger partial charge on any atom is 0.0743 e. The van der Waals surface area contributed by atoms with Gasteiger partial charge in [-0.1, -0.05) is 62.4 Å². The smallest absolute Gasteiger partial charge is 0.0743 e. The van der Waals surface area contributed by atoms with Crippen molar-refractivity contribution in [2.75, 3.05) is 0 Å². The Kier molecular flexibility index (Phi) is 3.32. The molecular weight excluding hydrogens is 316 g/mol. The zero-order valence-corrected chi connectivity index (χ0v) is 15.0. The standard InChI is InChI=1S/C24H20N2/c1-15(2)16-11-7-13-25-24(16)20-14-22-23(18-9-4-3-8-17(18)20)19-10-5-6-12-21(19)26-22/h3-15,26H,1-2H3. The van der Waals surface area contributed by atoms with E-state index >= 15 is 0 Å². The number of hydrogen-bond donors (Lipinski definition) is 1. The number of aromatic amines is 1. The average Bonchev–Trinajstić information content (AvgIpc) is 3.06.